The fourth-order valence-corrected chi connectivity index (χ4v) is 5.15. The number of aryl methyl sites for hydroxylation is 1. The molecule has 0 amide bonds. The predicted octanol–water partition coefficient (Wildman–Crippen LogP) is 4.85. The van der Waals surface area contributed by atoms with Crippen LogP contribution in [0.1, 0.15) is 18.5 Å². The first kappa shape index (κ1) is 23.0. The molecule has 188 valence electrons. The van der Waals surface area contributed by atoms with Crippen LogP contribution in [0.15, 0.2) is 36.7 Å². The van der Waals surface area contributed by atoms with Gasteiger partial charge in [0.25, 0.3) is 0 Å². The minimum Gasteiger partial charge on any atom is -0.493 e. The molecule has 0 atom stereocenters. The molecule has 8 nitrogen and oxygen atoms in total. The zero-order valence-electron chi connectivity index (χ0n) is 20.4. The summed E-state index contributed by atoms with van der Waals surface area (Å²) in [5.74, 6) is 1.61. The van der Waals surface area contributed by atoms with E-state index < -0.39 is 5.82 Å². The van der Waals surface area contributed by atoms with Crippen LogP contribution in [-0.4, -0.2) is 65.9 Å². The Hall–Kier alpha value is -3.43. The lowest BCUT2D eigenvalue weighted by atomic mass is 9.79. The van der Waals surface area contributed by atoms with Gasteiger partial charge in [0.15, 0.2) is 23.1 Å². The summed E-state index contributed by atoms with van der Waals surface area (Å²) in [6, 6.07) is 9.39. The second-order valence-electron chi connectivity index (χ2n) is 9.54. The number of hydrogen-bond donors (Lipinski definition) is 1. The first-order valence-electron chi connectivity index (χ1n) is 12.3. The third-order valence-corrected chi connectivity index (χ3v) is 7.18. The van der Waals surface area contributed by atoms with Crippen molar-refractivity contribution in [3.8, 4) is 23.1 Å². The van der Waals surface area contributed by atoms with Gasteiger partial charge in [-0.25, -0.2) is 14.4 Å². The predicted molar refractivity (Wildman–Crippen MR) is 134 cm³/mol. The summed E-state index contributed by atoms with van der Waals surface area (Å²) in [5.41, 5.74) is 2.23. The molecule has 1 aliphatic carbocycles. The fourth-order valence-electron chi connectivity index (χ4n) is 5.15. The van der Waals surface area contributed by atoms with Crippen LogP contribution in [0.5, 0.6) is 23.1 Å². The number of nitrogens with zero attached hydrogens (tertiary/aromatic N) is 3. The Bertz CT molecular complexity index is 1400. The maximum absolute atomic E-state index is 15.1. The van der Waals surface area contributed by atoms with Gasteiger partial charge < -0.3 is 23.9 Å². The van der Waals surface area contributed by atoms with Crippen LogP contribution in [0.2, 0.25) is 0 Å². The number of hydrogen-bond acceptors (Lipinski definition) is 7. The summed E-state index contributed by atoms with van der Waals surface area (Å²) in [4.78, 5) is 14.3. The molecule has 1 saturated carbocycles. The second kappa shape index (κ2) is 9.55. The third-order valence-electron chi connectivity index (χ3n) is 7.18. The molecule has 4 aromatic rings. The molecule has 1 N–H and O–H groups in total. The highest BCUT2D eigenvalue weighted by Gasteiger charge is 2.34. The standard InChI is InChI=1S/C27H29FN4O4/c1-16-9-19-21(31-16)3-4-23(26(19)28)36-27-20-12-24(33-2)25(13-22(20)29-15-30-27)35-14-17-10-18(11-17)32-5-7-34-8-6-32/h3-4,9,12-13,15,17-18,31H,5-8,10-11,14H2,1-2H3. The van der Waals surface area contributed by atoms with Crippen molar-refractivity contribution in [1.29, 1.82) is 0 Å². The topological polar surface area (TPSA) is 81.7 Å². The number of aromatic nitrogens is 3. The highest BCUT2D eigenvalue weighted by Crippen LogP contribution is 2.39. The highest BCUT2D eigenvalue weighted by molar-refractivity contribution is 5.87. The van der Waals surface area contributed by atoms with Crippen LogP contribution >= 0.6 is 0 Å². The van der Waals surface area contributed by atoms with Crippen LogP contribution < -0.4 is 14.2 Å². The Morgan fingerprint density at radius 2 is 1.89 bits per heavy atom. The van der Waals surface area contributed by atoms with E-state index in [9.17, 15) is 0 Å². The van der Waals surface area contributed by atoms with E-state index in [0.717, 1.165) is 50.4 Å². The molecule has 2 fully saturated rings. The molecular weight excluding hydrogens is 463 g/mol. The highest BCUT2D eigenvalue weighted by atomic mass is 19.1. The largest absolute Gasteiger partial charge is 0.493 e. The van der Waals surface area contributed by atoms with E-state index in [0.29, 0.717) is 46.4 Å². The van der Waals surface area contributed by atoms with Crippen LogP contribution in [0, 0.1) is 18.7 Å². The van der Waals surface area contributed by atoms with Crippen LogP contribution in [0.25, 0.3) is 21.8 Å². The second-order valence-corrected chi connectivity index (χ2v) is 9.54. The molecule has 0 unspecified atom stereocenters. The van der Waals surface area contributed by atoms with Crippen molar-refractivity contribution < 1.29 is 23.3 Å². The van der Waals surface area contributed by atoms with Crippen molar-refractivity contribution in [2.75, 3.05) is 40.0 Å². The molecule has 2 aromatic carbocycles. The fraction of sp³-hybridized carbons (Fsp3) is 0.407. The summed E-state index contributed by atoms with van der Waals surface area (Å²) in [7, 11) is 1.60. The number of nitrogens with one attached hydrogen (secondary N) is 1. The van der Waals surface area contributed by atoms with Gasteiger partial charge in [0, 0.05) is 41.8 Å². The average molecular weight is 493 g/mol. The van der Waals surface area contributed by atoms with Gasteiger partial charge in [0.1, 0.15) is 6.33 Å². The van der Waals surface area contributed by atoms with Crippen molar-refractivity contribution in [2.45, 2.75) is 25.8 Å². The molecule has 3 heterocycles. The summed E-state index contributed by atoms with van der Waals surface area (Å²) >= 11 is 0. The lowest BCUT2D eigenvalue weighted by Gasteiger charge is -2.44. The van der Waals surface area contributed by atoms with Gasteiger partial charge >= 0.3 is 0 Å². The van der Waals surface area contributed by atoms with Crippen molar-refractivity contribution in [3.05, 3.63) is 48.2 Å². The smallest absolute Gasteiger partial charge is 0.230 e. The molecule has 0 spiro atoms. The molecule has 6 rings (SSSR count). The van der Waals surface area contributed by atoms with Crippen LogP contribution in [0.3, 0.4) is 0 Å². The molecule has 0 radical (unpaired) electrons. The van der Waals surface area contributed by atoms with E-state index in [1.54, 1.807) is 31.4 Å². The van der Waals surface area contributed by atoms with Crippen molar-refractivity contribution in [2.24, 2.45) is 5.92 Å². The molecule has 0 bridgehead atoms. The third kappa shape index (κ3) is 4.33. The van der Waals surface area contributed by atoms with Gasteiger partial charge in [-0.1, -0.05) is 0 Å². The number of morpholine rings is 1. The number of benzene rings is 2. The van der Waals surface area contributed by atoms with Gasteiger partial charge in [-0.15, -0.1) is 0 Å². The van der Waals surface area contributed by atoms with Gasteiger partial charge in [0.05, 0.1) is 37.8 Å². The number of rotatable bonds is 7. The van der Waals surface area contributed by atoms with E-state index in [4.69, 9.17) is 18.9 Å². The minimum atomic E-state index is -0.439. The summed E-state index contributed by atoms with van der Waals surface area (Å²) in [5, 5.41) is 1.09. The lowest BCUT2D eigenvalue weighted by molar-refractivity contribution is -0.0239. The quantitative estimate of drug-likeness (QED) is 0.395. The molecule has 2 aromatic heterocycles. The normalized spacial score (nSPS) is 20.4. The van der Waals surface area contributed by atoms with E-state index in [1.807, 2.05) is 13.0 Å². The Balaban J connectivity index is 1.19. The monoisotopic (exact) mass is 492 g/mol. The van der Waals surface area contributed by atoms with Gasteiger partial charge in [-0.05, 0) is 49.9 Å². The van der Waals surface area contributed by atoms with Crippen LogP contribution in [0.4, 0.5) is 4.39 Å². The number of fused-ring (bicyclic) bond motifs is 2. The zero-order valence-corrected chi connectivity index (χ0v) is 20.4. The van der Waals surface area contributed by atoms with E-state index in [1.165, 1.54) is 6.33 Å². The SMILES string of the molecule is COc1cc2c(Oc3ccc4[nH]c(C)cc4c3F)ncnc2cc1OCC1CC(N2CCOCC2)C1. The van der Waals surface area contributed by atoms with Gasteiger partial charge in [-0.2, -0.15) is 0 Å². The first-order chi connectivity index (χ1) is 17.6. The van der Waals surface area contributed by atoms with Crippen molar-refractivity contribution in [1.82, 2.24) is 19.9 Å². The minimum absolute atomic E-state index is 0.0978. The maximum atomic E-state index is 15.1. The Morgan fingerprint density at radius 3 is 2.69 bits per heavy atom. The van der Waals surface area contributed by atoms with Gasteiger partial charge in [0.2, 0.25) is 5.88 Å². The number of H-pyrrole nitrogens is 1. The number of ether oxygens (including phenoxy) is 4. The summed E-state index contributed by atoms with van der Waals surface area (Å²) < 4.78 is 38.3. The molecule has 9 heteroatoms. The number of aromatic amines is 1. The molecule has 1 saturated heterocycles. The molecule has 2 aliphatic rings. The number of methoxy groups -OCH3 is 1. The van der Waals surface area contributed by atoms with Crippen molar-refractivity contribution >= 4 is 21.8 Å². The van der Waals surface area contributed by atoms with Crippen LogP contribution in [-0.2, 0) is 4.74 Å². The Kier molecular flexibility index (Phi) is 6.10. The molecule has 1 aliphatic heterocycles. The van der Waals surface area contributed by atoms with E-state index >= 15 is 4.39 Å². The molecular formula is C27H29FN4O4. The summed E-state index contributed by atoms with van der Waals surface area (Å²) in [6.45, 7) is 6.20. The zero-order chi connectivity index (χ0) is 24.6. The first-order valence-corrected chi connectivity index (χ1v) is 12.3. The van der Waals surface area contributed by atoms with E-state index in [-0.39, 0.29) is 11.6 Å². The Labute approximate surface area is 208 Å². The lowest BCUT2D eigenvalue weighted by Crippen LogP contribution is -2.50. The molecule has 36 heavy (non-hydrogen) atoms. The maximum Gasteiger partial charge on any atom is 0.230 e. The van der Waals surface area contributed by atoms with Crippen molar-refractivity contribution in [3.63, 3.8) is 0 Å². The van der Waals surface area contributed by atoms with E-state index in [2.05, 4.69) is 19.9 Å². The Morgan fingerprint density at radius 1 is 1.06 bits per heavy atom. The average Bonchev–Trinajstić information content (AvgIpc) is 3.26. The number of halogens is 1. The van der Waals surface area contributed by atoms with Gasteiger partial charge in [-0.3, -0.25) is 4.90 Å². The summed E-state index contributed by atoms with van der Waals surface area (Å²) in [6.07, 6.45) is 3.67.